The molecule has 0 atom stereocenters. The van der Waals surface area contributed by atoms with Gasteiger partial charge < -0.3 is 0 Å². The first-order valence-corrected chi connectivity index (χ1v) is 8.79. The lowest BCUT2D eigenvalue weighted by molar-refractivity contribution is -0.111. The van der Waals surface area contributed by atoms with E-state index in [0.29, 0.717) is 21.5 Å². The van der Waals surface area contributed by atoms with E-state index in [2.05, 4.69) is 24.1 Å². The van der Waals surface area contributed by atoms with Crippen molar-refractivity contribution in [3.8, 4) is 0 Å². The number of Topliss-reactive ketones (excluding diaryl/α,β-unsaturated/α-hetero) is 1. The summed E-state index contributed by atoms with van der Waals surface area (Å²) >= 11 is 7.08. The second kappa shape index (κ2) is 6.49. The summed E-state index contributed by atoms with van der Waals surface area (Å²) in [4.78, 5) is 29.3. The number of fused-ring (bicyclic) bond motifs is 1. The predicted molar refractivity (Wildman–Crippen MR) is 97.7 cm³/mol. The van der Waals surface area contributed by atoms with Crippen LogP contribution in [0.3, 0.4) is 0 Å². The van der Waals surface area contributed by atoms with Crippen LogP contribution in [-0.2, 0) is 11.2 Å². The average molecular weight is 361 g/mol. The molecular formula is C18H17ClN2O2S. The monoisotopic (exact) mass is 360 g/mol. The minimum Gasteiger partial charge on any atom is -0.298 e. The van der Waals surface area contributed by atoms with E-state index in [1.54, 1.807) is 18.2 Å². The second-order valence-corrected chi connectivity index (χ2v) is 8.05. The number of ketones is 1. The minimum absolute atomic E-state index is 0.0755. The van der Waals surface area contributed by atoms with Crippen LogP contribution in [0.4, 0.5) is 5.13 Å². The van der Waals surface area contributed by atoms with Gasteiger partial charge in [-0.1, -0.05) is 48.9 Å². The second-order valence-electron chi connectivity index (χ2n) is 6.61. The summed E-state index contributed by atoms with van der Waals surface area (Å²) in [5.74, 6) is -0.168. The molecule has 1 N–H and O–H groups in total. The molecule has 1 heterocycles. The number of nitrogens with zero attached hydrogens (tertiary/aromatic N) is 1. The number of carbonyl (C=O) groups excluding carboxylic acids is 2. The summed E-state index contributed by atoms with van der Waals surface area (Å²) in [6.07, 6.45) is 4.41. The maximum atomic E-state index is 12.2. The van der Waals surface area contributed by atoms with E-state index in [-0.39, 0.29) is 17.1 Å². The third kappa shape index (κ3) is 3.91. The number of thiazole rings is 1. The molecule has 0 bridgehead atoms. The fourth-order valence-electron chi connectivity index (χ4n) is 2.67. The number of aromatic nitrogens is 1. The van der Waals surface area contributed by atoms with Crippen LogP contribution in [0.15, 0.2) is 30.3 Å². The molecule has 3 rings (SSSR count). The number of hydrogen-bond acceptors (Lipinski definition) is 4. The van der Waals surface area contributed by atoms with Crippen molar-refractivity contribution in [1.82, 2.24) is 4.98 Å². The molecule has 6 heteroatoms. The molecule has 0 saturated carbocycles. The Bertz CT molecular complexity index is 822. The molecule has 0 unspecified atom stereocenters. The van der Waals surface area contributed by atoms with Gasteiger partial charge in [-0.15, -0.1) is 0 Å². The quantitative estimate of drug-likeness (QED) is 0.813. The molecule has 0 saturated heterocycles. The average Bonchev–Trinajstić information content (AvgIpc) is 2.88. The molecule has 0 aliphatic heterocycles. The first kappa shape index (κ1) is 16.9. The van der Waals surface area contributed by atoms with Crippen molar-refractivity contribution in [3.63, 3.8) is 0 Å². The Morgan fingerprint density at radius 3 is 2.71 bits per heavy atom. The molecular weight excluding hydrogens is 344 g/mol. The number of amides is 1. The fourth-order valence-corrected chi connectivity index (χ4v) is 3.71. The first-order valence-electron chi connectivity index (χ1n) is 7.60. The van der Waals surface area contributed by atoms with Gasteiger partial charge in [-0.3, -0.25) is 14.9 Å². The lowest BCUT2D eigenvalue weighted by Gasteiger charge is -2.26. The normalized spacial score (nSPS) is 16.2. The van der Waals surface area contributed by atoms with Gasteiger partial charge in [0, 0.05) is 17.5 Å². The highest BCUT2D eigenvalue weighted by molar-refractivity contribution is 7.17. The van der Waals surface area contributed by atoms with Crippen molar-refractivity contribution in [2.45, 2.75) is 26.7 Å². The summed E-state index contributed by atoms with van der Waals surface area (Å²) in [5, 5.41) is 3.85. The van der Waals surface area contributed by atoms with Crippen molar-refractivity contribution in [2.75, 3.05) is 5.32 Å². The van der Waals surface area contributed by atoms with Crippen molar-refractivity contribution < 1.29 is 9.59 Å². The fraction of sp³-hybridized carbons (Fsp3) is 0.278. The third-order valence-corrected chi connectivity index (χ3v) is 5.07. The van der Waals surface area contributed by atoms with Crippen molar-refractivity contribution in [3.05, 3.63) is 51.5 Å². The van der Waals surface area contributed by atoms with Gasteiger partial charge in [-0.05, 0) is 35.6 Å². The van der Waals surface area contributed by atoms with Gasteiger partial charge in [0.2, 0.25) is 5.91 Å². The Morgan fingerprint density at radius 2 is 2.00 bits per heavy atom. The first-order chi connectivity index (χ1) is 11.3. The van der Waals surface area contributed by atoms with Crippen LogP contribution in [0.2, 0.25) is 5.02 Å². The number of halogens is 1. The van der Waals surface area contributed by atoms with Crippen LogP contribution in [0.5, 0.6) is 0 Å². The van der Waals surface area contributed by atoms with Crippen molar-refractivity contribution >= 4 is 45.8 Å². The number of rotatable bonds is 3. The summed E-state index contributed by atoms with van der Waals surface area (Å²) in [6, 6.07) is 7.19. The Balaban J connectivity index is 1.69. The summed E-state index contributed by atoms with van der Waals surface area (Å²) in [6.45, 7) is 4.11. The van der Waals surface area contributed by atoms with Crippen LogP contribution in [0, 0.1) is 5.41 Å². The van der Waals surface area contributed by atoms with E-state index in [1.807, 2.05) is 12.1 Å². The maximum Gasteiger partial charge on any atom is 0.250 e. The van der Waals surface area contributed by atoms with Crippen LogP contribution in [0.1, 0.15) is 41.2 Å². The van der Waals surface area contributed by atoms with Crippen molar-refractivity contribution in [2.24, 2.45) is 5.41 Å². The van der Waals surface area contributed by atoms with Gasteiger partial charge in [-0.2, -0.15) is 0 Å². The number of benzene rings is 1. The number of nitrogens with one attached hydrogen (secondary N) is 1. The van der Waals surface area contributed by atoms with E-state index in [4.69, 9.17) is 11.6 Å². The standard InChI is InChI=1S/C18H17ClN2O2S/c1-18(2)9-13-16(14(22)10-18)24-17(20-13)21-15(23)8-5-11-3-6-12(19)7-4-11/h3-8H,9-10H2,1-2H3,(H,20,21,23)/b8-5+. The van der Waals surface area contributed by atoms with Gasteiger partial charge in [0.25, 0.3) is 0 Å². The molecule has 0 radical (unpaired) electrons. The smallest absolute Gasteiger partial charge is 0.250 e. The zero-order chi connectivity index (χ0) is 17.3. The zero-order valence-corrected chi connectivity index (χ0v) is 15.0. The Morgan fingerprint density at radius 1 is 1.29 bits per heavy atom. The molecule has 1 amide bonds. The highest BCUT2D eigenvalue weighted by atomic mass is 35.5. The molecule has 24 heavy (non-hydrogen) atoms. The molecule has 1 aliphatic carbocycles. The molecule has 1 aromatic carbocycles. The molecule has 4 nitrogen and oxygen atoms in total. The van der Waals surface area contributed by atoms with Gasteiger partial charge in [0.05, 0.1) is 10.6 Å². The summed E-state index contributed by atoms with van der Waals surface area (Å²) in [5.41, 5.74) is 1.59. The Kier molecular flexibility index (Phi) is 4.56. The van der Waals surface area contributed by atoms with Crippen LogP contribution in [-0.4, -0.2) is 16.7 Å². The van der Waals surface area contributed by atoms with Gasteiger partial charge in [0.1, 0.15) is 0 Å². The van der Waals surface area contributed by atoms with E-state index < -0.39 is 0 Å². The Hall–Kier alpha value is -1.98. The Labute approximate surface area is 149 Å². The molecule has 1 aromatic heterocycles. The molecule has 0 fully saturated rings. The molecule has 1 aliphatic rings. The van der Waals surface area contributed by atoms with Crippen LogP contribution >= 0.6 is 22.9 Å². The topological polar surface area (TPSA) is 59.1 Å². The summed E-state index contributed by atoms with van der Waals surface area (Å²) in [7, 11) is 0. The highest BCUT2D eigenvalue weighted by Gasteiger charge is 2.33. The highest BCUT2D eigenvalue weighted by Crippen LogP contribution is 2.38. The largest absolute Gasteiger partial charge is 0.298 e. The third-order valence-electron chi connectivity index (χ3n) is 3.76. The molecule has 0 spiro atoms. The predicted octanol–water partition coefficient (Wildman–Crippen LogP) is 4.60. The maximum absolute atomic E-state index is 12.2. The molecule has 2 aromatic rings. The van der Waals surface area contributed by atoms with Gasteiger partial charge in [-0.25, -0.2) is 4.98 Å². The lowest BCUT2D eigenvalue weighted by Crippen LogP contribution is -2.26. The summed E-state index contributed by atoms with van der Waals surface area (Å²) < 4.78 is 0. The van der Waals surface area contributed by atoms with E-state index in [0.717, 1.165) is 17.7 Å². The minimum atomic E-state index is -0.275. The number of anilines is 1. The zero-order valence-electron chi connectivity index (χ0n) is 13.4. The van der Waals surface area contributed by atoms with E-state index in [1.165, 1.54) is 17.4 Å². The van der Waals surface area contributed by atoms with Gasteiger partial charge in [0.15, 0.2) is 10.9 Å². The number of hydrogen-bond donors (Lipinski definition) is 1. The number of carbonyl (C=O) groups is 2. The SMILES string of the molecule is CC1(C)CC(=O)c2sc(NC(=O)/C=C/c3ccc(Cl)cc3)nc2C1. The van der Waals surface area contributed by atoms with Crippen molar-refractivity contribution in [1.29, 1.82) is 0 Å². The lowest BCUT2D eigenvalue weighted by atomic mass is 9.78. The van der Waals surface area contributed by atoms with Crippen LogP contribution in [0.25, 0.3) is 6.08 Å². The van der Waals surface area contributed by atoms with E-state index >= 15 is 0 Å². The van der Waals surface area contributed by atoms with Crippen LogP contribution < -0.4 is 5.32 Å². The van der Waals surface area contributed by atoms with Gasteiger partial charge >= 0.3 is 0 Å². The molecule has 124 valence electrons. The van der Waals surface area contributed by atoms with E-state index in [9.17, 15) is 9.59 Å².